The molecule has 0 fully saturated rings. The number of H-pyrrole nitrogens is 1. The van der Waals surface area contributed by atoms with Gasteiger partial charge in [0.25, 0.3) is 5.91 Å². The van der Waals surface area contributed by atoms with Crippen molar-refractivity contribution in [2.75, 3.05) is 6.54 Å². The van der Waals surface area contributed by atoms with Gasteiger partial charge in [0.2, 0.25) is 0 Å². The monoisotopic (exact) mass is 370 g/mol. The van der Waals surface area contributed by atoms with E-state index in [1.807, 2.05) is 30.3 Å². The Morgan fingerprint density at radius 3 is 2.70 bits per heavy atom. The summed E-state index contributed by atoms with van der Waals surface area (Å²) < 4.78 is 1.02. The first-order valence-electron chi connectivity index (χ1n) is 7.81. The minimum Gasteiger partial charge on any atom is -0.350 e. The number of carbonyl (C=O) groups is 1. The highest BCUT2D eigenvalue weighted by Crippen LogP contribution is 2.26. The molecule has 0 spiro atoms. The molecule has 0 aliphatic heterocycles. The van der Waals surface area contributed by atoms with Gasteiger partial charge in [-0.05, 0) is 42.2 Å². The second-order valence-electron chi connectivity index (χ2n) is 5.51. The number of hydrogen-bond donors (Lipinski definition) is 2. The van der Waals surface area contributed by atoms with E-state index in [0.29, 0.717) is 12.2 Å². The number of hydrogen-bond acceptors (Lipinski definition) is 1. The molecule has 3 nitrogen and oxygen atoms in total. The van der Waals surface area contributed by atoms with E-state index < -0.39 is 0 Å². The molecule has 1 aromatic heterocycles. The Morgan fingerprint density at radius 2 is 1.96 bits per heavy atom. The molecule has 1 heterocycles. The molecule has 0 atom stereocenters. The van der Waals surface area contributed by atoms with E-state index >= 15 is 0 Å². The van der Waals surface area contributed by atoms with Crippen LogP contribution in [-0.2, 0) is 12.8 Å². The maximum absolute atomic E-state index is 12.5. The van der Waals surface area contributed by atoms with Crippen molar-refractivity contribution in [3.8, 4) is 0 Å². The maximum atomic E-state index is 12.5. The van der Waals surface area contributed by atoms with Crippen LogP contribution in [0.1, 0.15) is 28.5 Å². The third-order valence-corrected chi connectivity index (χ3v) is 4.48. The first kappa shape index (κ1) is 15.8. The van der Waals surface area contributed by atoms with Crippen LogP contribution in [0.15, 0.2) is 53.0 Å². The molecule has 3 rings (SSSR count). The van der Waals surface area contributed by atoms with E-state index in [0.717, 1.165) is 33.8 Å². The molecule has 2 aromatic carbocycles. The lowest BCUT2D eigenvalue weighted by molar-refractivity contribution is 0.0949. The number of amides is 1. The fraction of sp³-hybridized carbons (Fsp3) is 0.211. The average molecular weight is 371 g/mol. The quantitative estimate of drug-likeness (QED) is 0.683. The maximum Gasteiger partial charge on any atom is 0.268 e. The minimum atomic E-state index is -0.0369. The number of carbonyl (C=O) groups excluding carboxylic acids is 1. The van der Waals surface area contributed by atoms with Gasteiger partial charge < -0.3 is 10.3 Å². The molecular weight excluding hydrogens is 352 g/mol. The van der Waals surface area contributed by atoms with Crippen LogP contribution in [0.5, 0.6) is 0 Å². The Hall–Kier alpha value is -2.07. The summed E-state index contributed by atoms with van der Waals surface area (Å²) in [6.07, 6.45) is 1.65. The number of rotatable bonds is 5. The summed E-state index contributed by atoms with van der Waals surface area (Å²) in [5.41, 5.74) is 3.97. The molecule has 0 aliphatic carbocycles. The number of aromatic nitrogens is 1. The molecule has 23 heavy (non-hydrogen) atoms. The van der Waals surface area contributed by atoms with E-state index in [4.69, 9.17) is 0 Å². The number of benzene rings is 2. The lowest BCUT2D eigenvalue weighted by atomic mass is 10.1. The number of aromatic amines is 1. The third-order valence-electron chi connectivity index (χ3n) is 3.99. The predicted octanol–water partition coefficient (Wildman–Crippen LogP) is 4.47. The van der Waals surface area contributed by atoms with Crippen LogP contribution in [-0.4, -0.2) is 17.4 Å². The SMILES string of the molecule is CCc1c(C(=O)NCCc2ccccc2)[nH]c2ccc(Br)cc12. The Kier molecular flexibility index (Phi) is 4.82. The normalized spacial score (nSPS) is 10.9. The molecule has 3 aromatic rings. The molecule has 0 unspecified atom stereocenters. The van der Waals surface area contributed by atoms with E-state index in [1.165, 1.54) is 5.56 Å². The summed E-state index contributed by atoms with van der Waals surface area (Å²) in [4.78, 5) is 15.8. The topological polar surface area (TPSA) is 44.9 Å². The second-order valence-corrected chi connectivity index (χ2v) is 6.43. The first-order valence-corrected chi connectivity index (χ1v) is 8.60. The van der Waals surface area contributed by atoms with Crippen LogP contribution in [0.2, 0.25) is 0 Å². The van der Waals surface area contributed by atoms with Gasteiger partial charge in [-0.25, -0.2) is 0 Å². The molecule has 0 radical (unpaired) electrons. The van der Waals surface area contributed by atoms with Gasteiger partial charge in [0.1, 0.15) is 5.69 Å². The molecule has 118 valence electrons. The molecule has 0 aliphatic rings. The van der Waals surface area contributed by atoms with Crippen molar-refractivity contribution < 1.29 is 4.79 Å². The average Bonchev–Trinajstić information content (AvgIpc) is 2.93. The largest absolute Gasteiger partial charge is 0.350 e. The summed E-state index contributed by atoms with van der Waals surface area (Å²) >= 11 is 3.50. The van der Waals surface area contributed by atoms with Crippen molar-refractivity contribution in [2.45, 2.75) is 19.8 Å². The fourth-order valence-electron chi connectivity index (χ4n) is 2.83. The Morgan fingerprint density at radius 1 is 1.17 bits per heavy atom. The number of aryl methyl sites for hydroxylation is 1. The van der Waals surface area contributed by atoms with Crippen LogP contribution in [0.3, 0.4) is 0 Å². The van der Waals surface area contributed by atoms with Crippen LogP contribution in [0.25, 0.3) is 10.9 Å². The Labute approximate surface area is 144 Å². The van der Waals surface area contributed by atoms with Gasteiger partial charge in [-0.2, -0.15) is 0 Å². The summed E-state index contributed by atoms with van der Waals surface area (Å²) in [7, 11) is 0. The highest BCUT2D eigenvalue weighted by atomic mass is 79.9. The highest BCUT2D eigenvalue weighted by Gasteiger charge is 2.16. The first-order chi connectivity index (χ1) is 11.2. The van der Waals surface area contributed by atoms with Crippen molar-refractivity contribution in [3.05, 3.63) is 69.8 Å². The molecular formula is C19H19BrN2O. The zero-order chi connectivity index (χ0) is 16.2. The van der Waals surface area contributed by atoms with E-state index in [-0.39, 0.29) is 5.91 Å². The van der Waals surface area contributed by atoms with Crippen LogP contribution < -0.4 is 5.32 Å². The Bertz CT molecular complexity index is 824. The number of nitrogens with one attached hydrogen (secondary N) is 2. The summed E-state index contributed by atoms with van der Waals surface area (Å²) in [5.74, 6) is -0.0369. The summed E-state index contributed by atoms with van der Waals surface area (Å²) in [6, 6.07) is 16.2. The van der Waals surface area contributed by atoms with E-state index in [9.17, 15) is 4.79 Å². The summed E-state index contributed by atoms with van der Waals surface area (Å²) in [6.45, 7) is 2.70. The van der Waals surface area contributed by atoms with Crippen molar-refractivity contribution in [2.24, 2.45) is 0 Å². The standard InChI is InChI=1S/C19H19BrN2O/c1-2-15-16-12-14(20)8-9-17(16)22-18(15)19(23)21-11-10-13-6-4-3-5-7-13/h3-9,12,22H,2,10-11H2,1H3,(H,21,23). The third kappa shape index (κ3) is 3.48. The number of fused-ring (bicyclic) bond motifs is 1. The van der Waals surface area contributed by atoms with E-state index in [1.54, 1.807) is 0 Å². The predicted molar refractivity (Wildman–Crippen MR) is 97.9 cm³/mol. The van der Waals surface area contributed by atoms with Crippen molar-refractivity contribution >= 4 is 32.7 Å². The molecule has 0 bridgehead atoms. The fourth-order valence-corrected chi connectivity index (χ4v) is 3.20. The zero-order valence-corrected chi connectivity index (χ0v) is 14.6. The van der Waals surface area contributed by atoms with Gasteiger partial charge in [0.15, 0.2) is 0 Å². The van der Waals surface area contributed by atoms with Crippen molar-refractivity contribution in [3.63, 3.8) is 0 Å². The lowest BCUT2D eigenvalue weighted by Gasteiger charge is -2.06. The van der Waals surface area contributed by atoms with E-state index in [2.05, 4.69) is 51.4 Å². The van der Waals surface area contributed by atoms with Crippen molar-refractivity contribution in [1.29, 1.82) is 0 Å². The Balaban J connectivity index is 1.75. The summed E-state index contributed by atoms with van der Waals surface area (Å²) in [5, 5.41) is 4.12. The van der Waals surface area contributed by atoms with Crippen LogP contribution >= 0.6 is 15.9 Å². The molecule has 0 saturated heterocycles. The van der Waals surface area contributed by atoms with Gasteiger partial charge in [-0.15, -0.1) is 0 Å². The molecule has 2 N–H and O–H groups in total. The van der Waals surface area contributed by atoms with Gasteiger partial charge in [-0.3, -0.25) is 4.79 Å². The lowest BCUT2D eigenvalue weighted by Crippen LogP contribution is -2.26. The van der Waals surface area contributed by atoms with Crippen molar-refractivity contribution in [1.82, 2.24) is 10.3 Å². The molecule has 0 saturated carbocycles. The zero-order valence-electron chi connectivity index (χ0n) is 13.0. The highest BCUT2D eigenvalue weighted by molar-refractivity contribution is 9.10. The molecule has 4 heteroatoms. The van der Waals surface area contributed by atoms with Gasteiger partial charge in [0.05, 0.1) is 0 Å². The van der Waals surface area contributed by atoms with Gasteiger partial charge in [-0.1, -0.05) is 53.2 Å². The van der Waals surface area contributed by atoms with Gasteiger partial charge >= 0.3 is 0 Å². The molecule has 1 amide bonds. The number of halogens is 1. The second kappa shape index (κ2) is 7.01. The van der Waals surface area contributed by atoms with Crippen LogP contribution in [0.4, 0.5) is 0 Å². The van der Waals surface area contributed by atoms with Crippen LogP contribution in [0, 0.1) is 0 Å². The van der Waals surface area contributed by atoms with Gasteiger partial charge in [0, 0.05) is 21.9 Å². The minimum absolute atomic E-state index is 0.0369. The smallest absolute Gasteiger partial charge is 0.268 e.